The number of anilines is 1. The number of benzene rings is 1. The van der Waals surface area contributed by atoms with Crippen LogP contribution in [0.25, 0.3) is 11.4 Å². The molecule has 1 N–H and O–H groups in total. The average Bonchev–Trinajstić information content (AvgIpc) is 3.34. The van der Waals surface area contributed by atoms with Crippen molar-refractivity contribution < 1.29 is 4.79 Å². The van der Waals surface area contributed by atoms with Crippen LogP contribution in [0.1, 0.15) is 26.2 Å². The molecule has 3 atom stereocenters. The van der Waals surface area contributed by atoms with Crippen LogP contribution in [-0.2, 0) is 13.6 Å². The van der Waals surface area contributed by atoms with Crippen molar-refractivity contribution in [1.82, 2.24) is 34.4 Å². The van der Waals surface area contributed by atoms with Crippen LogP contribution in [-0.4, -0.2) is 52.0 Å². The first kappa shape index (κ1) is 19.0. The van der Waals surface area contributed by atoms with E-state index in [0.717, 1.165) is 19.3 Å². The molecule has 6 rings (SSSR count). The van der Waals surface area contributed by atoms with Gasteiger partial charge in [0.15, 0.2) is 5.82 Å². The predicted molar refractivity (Wildman–Crippen MR) is 112 cm³/mol. The minimum Gasteiger partial charge on any atom is -0.318 e. The summed E-state index contributed by atoms with van der Waals surface area (Å²) in [4.78, 5) is 19.6. The number of hydrogen-bond donors (Lipinski definition) is 1. The highest BCUT2D eigenvalue weighted by molar-refractivity contribution is 6.33. The SMILES string of the molecule is C[C@@H]1C[C@@H]2C[C@](Cn3cnnc3)(C1)N2C(=O)Nc1ccc(Cl)c(-c2ncn(C)n2)c1. The fourth-order valence-electron chi connectivity index (χ4n) is 5.12. The van der Waals surface area contributed by atoms with Gasteiger partial charge < -0.3 is 14.8 Å². The lowest BCUT2D eigenvalue weighted by atomic mass is 9.64. The molecular weight excluding hydrogens is 404 g/mol. The van der Waals surface area contributed by atoms with Crippen molar-refractivity contribution >= 4 is 23.3 Å². The van der Waals surface area contributed by atoms with Crippen molar-refractivity contribution in [3.05, 3.63) is 42.2 Å². The number of hydrogen-bond acceptors (Lipinski definition) is 5. The van der Waals surface area contributed by atoms with Crippen LogP contribution in [0, 0.1) is 5.92 Å². The Morgan fingerprint density at radius 2 is 2.07 bits per heavy atom. The maximum Gasteiger partial charge on any atom is 0.322 e. The summed E-state index contributed by atoms with van der Waals surface area (Å²) in [7, 11) is 1.80. The molecule has 0 unspecified atom stereocenters. The molecule has 2 aromatic heterocycles. The maximum atomic E-state index is 13.3. The van der Waals surface area contributed by atoms with Crippen LogP contribution < -0.4 is 5.32 Å². The number of urea groups is 1. The van der Waals surface area contributed by atoms with Crippen molar-refractivity contribution in [3.63, 3.8) is 0 Å². The van der Waals surface area contributed by atoms with Crippen molar-refractivity contribution in [3.8, 4) is 11.4 Å². The van der Waals surface area contributed by atoms with Crippen LogP contribution >= 0.6 is 11.6 Å². The van der Waals surface area contributed by atoms with E-state index in [1.54, 1.807) is 42.8 Å². The molecule has 2 saturated heterocycles. The van der Waals surface area contributed by atoms with Gasteiger partial charge in [0.25, 0.3) is 0 Å². The van der Waals surface area contributed by atoms with E-state index in [4.69, 9.17) is 11.6 Å². The number of amides is 2. The Labute approximate surface area is 179 Å². The number of carbonyl (C=O) groups is 1. The minimum absolute atomic E-state index is 0.0894. The van der Waals surface area contributed by atoms with E-state index in [1.165, 1.54) is 0 Å². The molecule has 3 aromatic rings. The predicted octanol–water partition coefficient (Wildman–Crippen LogP) is 3.20. The number of rotatable bonds is 4. The van der Waals surface area contributed by atoms with Crippen molar-refractivity contribution in [2.75, 3.05) is 5.32 Å². The zero-order valence-electron chi connectivity index (χ0n) is 16.9. The number of aromatic nitrogens is 6. The smallest absolute Gasteiger partial charge is 0.318 e. The Morgan fingerprint density at radius 3 is 2.80 bits per heavy atom. The van der Waals surface area contributed by atoms with E-state index < -0.39 is 0 Å². The van der Waals surface area contributed by atoms with Gasteiger partial charge in [-0.1, -0.05) is 18.5 Å². The maximum absolute atomic E-state index is 13.3. The molecule has 9 nitrogen and oxygen atoms in total. The summed E-state index contributed by atoms with van der Waals surface area (Å²) in [6.45, 7) is 2.96. The Balaban J connectivity index is 1.38. The third-order valence-corrected chi connectivity index (χ3v) is 6.44. The third kappa shape index (κ3) is 3.23. The van der Waals surface area contributed by atoms with Gasteiger partial charge in [-0.05, 0) is 43.4 Å². The standard InChI is InChI=1S/C20H23ClN8O/c1-13-5-15-8-20(7-13,9-28-11-23-24-12-28)29(15)19(30)25-14-3-4-17(21)16(6-14)18-22-10-27(2)26-18/h3-4,6,10-13,15H,5,7-9H2,1-2H3,(H,25,30)/t13-,15-,20+/m1/s1. The molecule has 1 aliphatic carbocycles. The highest BCUT2D eigenvalue weighted by Gasteiger charge is 2.58. The summed E-state index contributed by atoms with van der Waals surface area (Å²) in [6.07, 6.45) is 8.05. The molecule has 2 aliphatic heterocycles. The highest BCUT2D eigenvalue weighted by atomic mass is 35.5. The van der Waals surface area contributed by atoms with Crippen molar-refractivity contribution in [2.45, 2.75) is 44.3 Å². The van der Waals surface area contributed by atoms with Crippen LogP contribution in [0.3, 0.4) is 0 Å². The molecule has 1 aromatic carbocycles. The Bertz CT molecular complexity index is 1080. The summed E-state index contributed by atoms with van der Waals surface area (Å²) in [6, 6.07) is 5.55. The average molecular weight is 427 g/mol. The van der Waals surface area contributed by atoms with Gasteiger partial charge >= 0.3 is 6.03 Å². The number of aryl methyl sites for hydroxylation is 1. The van der Waals surface area contributed by atoms with Crippen LogP contribution in [0.2, 0.25) is 5.02 Å². The van der Waals surface area contributed by atoms with E-state index in [-0.39, 0.29) is 17.6 Å². The largest absolute Gasteiger partial charge is 0.322 e. The molecule has 0 spiro atoms. The summed E-state index contributed by atoms with van der Waals surface area (Å²) in [5.74, 6) is 1.11. The van der Waals surface area contributed by atoms with Gasteiger partial charge in [-0.3, -0.25) is 4.68 Å². The summed E-state index contributed by atoms with van der Waals surface area (Å²) in [5.41, 5.74) is 1.16. The fraction of sp³-hybridized carbons (Fsp3) is 0.450. The number of piperidine rings is 1. The zero-order valence-corrected chi connectivity index (χ0v) is 17.6. The van der Waals surface area contributed by atoms with E-state index in [1.807, 2.05) is 15.5 Å². The molecular formula is C20H23ClN8O. The molecule has 30 heavy (non-hydrogen) atoms. The summed E-state index contributed by atoms with van der Waals surface area (Å²) < 4.78 is 3.58. The van der Waals surface area contributed by atoms with Crippen molar-refractivity contribution in [2.24, 2.45) is 13.0 Å². The quantitative estimate of drug-likeness (QED) is 0.691. The Kier molecular flexibility index (Phi) is 4.50. The Morgan fingerprint density at radius 1 is 1.27 bits per heavy atom. The second-order valence-corrected chi connectivity index (χ2v) is 8.91. The number of nitrogens with one attached hydrogen (secondary N) is 1. The third-order valence-electron chi connectivity index (χ3n) is 6.12. The molecule has 156 valence electrons. The van der Waals surface area contributed by atoms with E-state index in [0.29, 0.717) is 34.6 Å². The summed E-state index contributed by atoms with van der Waals surface area (Å²) in [5, 5.41) is 15.7. The van der Waals surface area contributed by atoms with E-state index in [9.17, 15) is 4.79 Å². The van der Waals surface area contributed by atoms with Gasteiger partial charge in [0.05, 0.1) is 10.6 Å². The van der Waals surface area contributed by atoms with Crippen LogP contribution in [0.15, 0.2) is 37.2 Å². The number of fused-ring (bicyclic) bond motifs is 2. The zero-order chi connectivity index (χ0) is 20.9. The minimum atomic E-state index is -0.202. The van der Waals surface area contributed by atoms with Gasteiger partial charge in [0, 0.05) is 30.9 Å². The van der Waals surface area contributed by atoms with Crippen LogP contribution in [0.5, 0.6) is 0 Å². The molecule has 3 fully saturated rings. The second kappa shape index (κ2) is 7.09. The van der Waals surface area contributed by atoms with Gasteiger partial charge in [0.2, 0.25) is 0 Å². The number of nitrogens with zero attached hydrogens (tertiary/aromatic N) is 7. The first-order valence-electron chi connectivity index (χ1n) is 10.0. The Hall–Kier alpha value is -2.94. The first-order chi connectivity index (χ1) is 14.4. The molecule has 4 heterocycles. The topological polar surface area (TPSA) is 93.8 Å². The van der Waals surface area contributed by atoms with E-state index in [2.05, 4.69) is 32.5 Å². The van der Waals surface area contributed by atoms with Gasteiger partial charge in [-0.2, -0.15) is 5.10 Å². The lowest BCUT2D eigenvalue weighted by molar-refractivity contribution is -0.0988. The van der Waals surface area contributed by atoms with E-state index >= 15 is 0 Å². The number of carbonyl (C=O) groups excluding carboxylic acids is 1. The first-order valence-corrected chi connectivity index (χ1v) is 10.4. The van der Waals surface area contributed by atoms with Gasteiger partial charge in [-0.25, -0.2) is 9.78 Å². The van der Waals surface area contributed by atoms with Crippen LogP contribution in [0.4, 0.5) is 10.5 Å². The van der Waals surface area contributed by atoms with Crippen molar-refractivity contribution in [1.29, 1.82) is 0 Å². The molecule has 0 radical (unpaired) electrons. The lowest BCUT2D eigenvalue weighted by Gasteiger charge is -2.63. The molecule has 1 saturated carbocycles. The summed E-state index contributed by atoms with van der Waals surface area (Å²) >= 11 is 6.35. The lowest BCUT2D eigenvalue weighted by Crippen LogP contribution is -2.73. The molecule has 2 bridgehead atoms. The normalized spacial score (nSPS) is 25.1. The molecule has 10 heteroatoms. The molecule has 3 aliphatic rings. The fourth-order valence-corrected chi connectivity index (χ4v) is 5.32. The van der Waals surface area contributed by atoms with Gasteiger partial charge in [-0.15, -0.1) is 10.2 Å². The highest BCUT2D eigenvalue weighted by Crippen LogP contribution is 2.50. The number of halogens is 1. The van der Waals surface area contributed by atoms with Gasteiger partial charge in [0.1, 0.15) is 19.0 Å². The monoisotopic (exact) mass is 426 g/mol. The second-order valence-electron chi connectivity index (χ2n) is 8.50. The molecule has 2 amide bonds.